The number of hydrogen-bond donors (Lipinski definition) is 1. The highest BCUT2D eigenvalue weighted by molar-refractivity contribution is 5.98. The molecule has 2 aromatic heterocycles. The molecule has 2 atom stereocenters. The predicted octanol–water partition coefficient (Wildman–Crippen LogP) is 2.29. The van der Waals surface area contributed by atoms with Gasteiger partial charge in [-0.25, -0.2) is 0 Å². The summed E-state index contributed by atoms with van der Waals surface area (Å²) in [5, 5.41) is 22.4. The van der Waals surface area contributed by atoms with Crippen LogP contribution in [0.5, 0.6) is 0 Å². The zero-order valence-electron chi connectivity index (χ0n) is 16.7. The first-order valence-electron chi connectivity index (χ1n) is 9.67. The van der Waals surface area contributed by atoms with Crippen molar-refractivity contribution in [1.29, 1.82) is 0 Å². The van der Waals surface area contributed by atoms with Gasteiger partial charge in [-0.15, -0.1) is 0 Å². The second kappa shape index (κ2) is 7.40. The first-order valence-corrected chi connectivity index (χ1v) is 9.67. The fraction of sp³-hybridized carbons (Fsp3) is 0.450. The van der Waals surface area contributed by atoms with Gasteiger partial charge < -0.3 is 14.5 Å². The van der Waals surface area contributed by atoms with E-state index in [4.69, 9.17) is 4.52 Å². The Kier molecular flexibility index (Phi) is 4.91. The quantitative estimate of drug-likeness (QED) is 0.720. The number of likely N-dealkylation sites (tertiary alicyclic amines) is 1. The Bertz CT molecular complexity index is 992. The molecule has 152 valence electrons. The normalized spacial score (nSPS) is 20.1. The number of nitrogens with zero attached hydrogens (tertiary/aromatic N) is 6. The lowest BCUT2D eigenvalue weighted by Gasteiger charge is -2.37. The highest BCUT2D eigenvalue weighted by Gasteiger charge is 2.35. The van der Waals surface area contributed by atoms with Crippen LogP contribution in [0.1, 0.15) is 61.6 Å². The fourth-order valence-corrected chi connectivity index (χ4v) is 3.57. The van der Waals surface area contributed by atoms with E-state index in [0.29, 0.717) is 23.6 Å². The van der Waals surface area contributed by atoms with Crippen molar-refractivity contribution in [3.63, 3.8) is 0 Å². The first-order chi connectivity index (χ1) is 13.8. The average Bonchev–Trinajstić information content (AvgIpc) is 3.40. The molecule has 9 nitrogen and oxygen atoms in total. The van der Waals surface area contributed by atoms with Crippen molar-refractivity contribution in [1.82, 2.24) is 30.0 Å². The van der Waals surface area contributed by atoms with E-state index < -0.39 is 5.60 Å². The minimum Gasteiger partial charge on any atom is -0.381 e. The Labute approximate surface area is 168 Å². The van der Waals surface area contributed by atoms with Crippen LogP contribution in [0.3, 0.4) is 0 Å². The molecule has 0 bridgehead atoms. The van der Waals surface area contributed by atoms with Crippen molar-refractivity contribution in [3.8, 4) is 5.69 Å². The van der Waals surface area contributed by atoms with E-state index in [1.54, 1.807) is 32.3 Å². The maximum absolute atomic E-state index is 13.4. The Balaban J connectivity index is 1.60. The lowest BCUT2D eigenvalue weighted by Crippen LogP contribution is -2.45. The first kappa shape index (κ1) is 19.3. The van der Waals surface area contributed by atoms with Gasteiger partial charge in [0.05, 0.1) is 23.6 Å². The molecule has 0 spiro atoms. The third-order valence-electron chi connectivity index (χ3n) is 5.24. The molecule has 1 N–H and O–H groups in total. The van der Waals surface area contributed by atoms with Crippen molar-refractivity contribution in [3.05, 3.63) is 53.9 Å². The summed E-state index contributed by atoms with van der Waals surface area (Å²) in [7, 11) is 0. The maximum atomic E-state index is 13.4. The summed E-state index contributed by atoms with van der Waals surface area (Å²) in [6.07, 6.45) is 4.83. The number of aromatic nitrogens is 5. The molecule has 0 unspecified atom stereocenters. The van der Waals surface area contributed by atoms with Gasteiger partial charge in [0.25, 0.3) is 11.8 Å². The summed E-state index contributed by atoms with van der Waals surface area (Å²) >= 11 is 0. The van der Waals surface area contributed by atoms with E-state index in [0.717, 1.165) is 12.8 Å². The fourth-order valence-electron chi connectivity index (χ4n) is 3.57. The van der Waals surface area contributed by atoms with Gasteiger partial charge in [0.15, 0.2) is 5.82 Å². The highest BCUT2D eigenvalue weighted by atomic mass is 16.5. The van der Waals surface area contributed by atoms with E-state index in [-0.39, 0.29) is 23.8 Å². The number of benzene rings is 1. The Morgan fingerprint density at radius 2 is 1.93 bits per heavy atom. The summed E-state index contributed by atoms with van der Waals surface area (Å²) in [4.78, 5) is 21.1. The maximum Gasteiger partial charge on any atom is 0.258 e. The van der Waals surface area contributed by atoms with Crippen molar-refractivity contribution in [2.24, 2.45) is 0 Å². The molecule has 1 saturated heterocycles. The number of aliphatic hydroxyl groups is 1. The van der Waals surface area contributed by atoms with Crippen LogP contribution in [-0.2, 0) is 5.60 Å². The van der Waals surface area contributed by atoms with Crippen LogP contribution in [0, 0.1) is 0 Å². The lowest BCUT2D eigenvalue weighted by molar-refractivity contribution is 0.0420. The Hall–Kier alpha value is -3.07. The zero-order valence-corrected chi connectivity index (χ0v) is 16.7. The van der Waals surface area contributed by atoms with Crippen LogP contribution in [0.4, 0.5) is 0 Å². The number of carbonyl (C=O) groups excluding carboxylic acids is 1. The second-order valence-electron chi connectivity index (χ2n) is 7.93. The molecule has 9 heteroatoms. The van der Waals surface area contributed by atoms with E-state index in [2.05, 4.69) is 20.3 Å². The van der Waals surface area contributed by atoms with Crippen LogP contribution < -0.4 is 0 Å². The second-order valence-corrected chi connectivity index (χ2v) is 7.93. The van der Waals surface area contributed by atoms with Gasteiger partial charge in [-0.1, -0.05) is 17.3 Å². The number of piperidine rings is 1. The molecule has 1 aliphatic rings. The summed E-state index contributed by atoms with van der Waals surface area (Å²) in [5.74, 6) is 0.569. The average molecular weight is 396 g/mol. The molecular formula is C20H24N6O3. The van der Waals surface area contributed by atoms with Crippen LogP contribution >= 0.6 is 0 Å². The largest absolute Gasteiger partial charge is 0.381 e. The molecule has 3 aromatic rings. The molecule has 0 saturated carbocycles. The van der Waals surface area contributed by atoms with Crippen LogP contribution in [0.25, 0.3) is 5.69 Å². The smallest absolute Gasteiger partial charge is 0.258 e. The third-order valence-corrected chi connectivity index (χ3v) is 5.24. The van der Waals surface area contributed by atoms with Crippen molar-refractivity contribution in [2.45, 2.75) is 51.2 Å². The summed E-state index contributed by atoms with van der Waals surface area (Å²) in [5.41, 5.74) is -0.0134. The standard InChI is InChI=1S/C20H24N6O3/c1-13-8-9-14(17-23-19(29-24-17)20(2,3)28)12-25(13)18(27)15-6-4-5-7-16(15)26-21-10-11-22-26/h4-7,10-11,13-14,28H,8-9,12H2,1-3H3/t13-,14-/m1/s1. The lowest BCUT2D eigenvalue weighted by atomic mass is 9.92. The zero-order chi connectivity index (χ0) is 20.6. The third kappa shape index (κ3) is 3.77. The van der Waals surface area contributed by atoms with Gasteiger partial charge >= 0.3 is 0 Å². The number of hydrogen-bond acceptors (Lipinski definition) is 7. The number of para-hydroxylation sites is 1. The van der Waals surface area contributed by atoms with Crippen LogP contribution in [0.2, 0.25) is 0 Å². The van der Waals surface area contributed by atoms with Crippen molar-refractivity contribution < 1.29 is 14.4 Å². The molecule has 3 heterocycles. The molecule has 1 fully saturated rings. The van der Waals surface area contributed by atoms with Gasteiger partial charge in [0.2, 0.25) is 0 Å². The summed E-state index contributed by atoms with van der Waals surface area (Å²) < 4.78 is 5.22. The highest BCUT2D eigenvalue weighted by Crippen LogP contribution is 2.31. The molecule has 0 radical (unpaired) electrons. The number of rotatable bonds is 4. The van der Waals surface area contributed by atoms with Crippen molar-refractivity contribution in [2.75, 3.05) is 6.54 Å². The summed E-state index contributed by atoms with van der Waals surface area (Å²) in [6.45, 7) is 5.72. The molecule has 1 aliphatic heterocycles. The van der Waals surface area contributed by atoms with Crippen LogP contribution in [0.15, 0.2) is 41.2 Å². The molecule has 29 heavy (non-hydrogen) atoms. The number of amides is 1. The molecule has 0 aliphatic carbocycles. The Morgan fingerprint density at radius 3 is 2.62 bits per heavy atom. The SMILES string of the molecule is C[C@@H]1CC[C@@H](c2noc(C(C)(C)O)n2)CN1C(=O)c1ccccc1-n1nccn1. The minimum atomic E-state index is -1.20. The van der Waals surface area contributed by atoms with E-state index >= 15 is 0 Å². The van der Waals surface area contributed by atoms with Gasteiger partial charge in [-0.3, -0.25) is 4.79 Å². The van der Waals surface area contributed by atoms with Gasteiger partial charge in [-0.05, 0) is 45.7 Å². The van der Waals surface area contributed by atoms with E-state index in [1.165, 1.54) is 4.80 Å². The summed E-state index contributed by atoms with van der Waals surface area (Å²) in [6, 6.07) is 7.39. The Morgan fingerprint density at radius 1 is 1.21 bits per heavy atom. The minimum absolute atomic E-state index is 0.0509. The number of carbonyl (C=O) groups is 1. The predicted molar refractivity (Wildman–Crippen MR) is 103 cm³/mol. The van der Waals surface area contributed by atoms with E-state index in [9.17, 15) is 9.90 Å². The van der Waals surface area contributed by atoms with Crippen molar-refractivity contribution >= 4 is 5.91 Å². The molecule has 1 amide bonds. The van der Waals surface area contributed by atoms with E-state index in [1.807, 2.05) is 30.0 Å². The van der Waals surface area contributed by atoms with Crippen LogP contribution in [-0.4, -0.2) is 53.6 Å². The molecule has 4 rings (SSSR count). The monoisotopic (exact) mass is 396 g/mol. The van der Waals surface area contributed by atoms with Gasteiger partial charge in [0, 0.05) is 18.5 Å². The molecule has 1 aromatic carbocycles. The molecular weight excluding hydrogens is 372 g/mol. The van der Waals surface area contributed by atoms with Gasteiger partial charge in [-0.2, -0.15) is 20.0 Å². The van der Waals surface area contributed by atoms with Gasteiger partial charge in [0.1, 0.15) is 5.60 Å². The topological polar surface area (TPSA) is 110 Å².